The van der Waals surface area contributed by atoms with Crippen LogP contribution in [-0.2, 0) is 19.6 Å². The second-order valence-electron chi connectivity index (χ2n) is 4.12. The summed E-state index contributed by atoms with van der Waals surface area (Å²) < 4.78 is 30.8. The fourth-order valence-electron chi connectivity index (χ4n) is 1.51. The quantitative estimate of drug-likeness (QED) is 0.519. The molecule has 0 aliphatic carbocycles. The molecule has 0 unspecified atom stereocenters. The van der Waals surface area contributed by atoms with E-state index in [4.69, 9.17) is 4.74 Å². The molecule has 0 amide bonds. The van der Waals surface area contributed by atoms with Crippen LogP contribution in [0.4, 0.5) is 0 Å². The van der Waals surface area contributed by atoms with E-state index in [9.17, 15) is 23.1 Å². The fourth-order valence-corrected chi connectivity index (χ4v) is 2.58. The third-order valence-electron chi connectivity index (χ3n) is 2.53. The lowest BCUT2D eigenvalue weighted by Crippen LogP contribution is -2.27. The van der Waals surface area contributed by atoms with Crippen LogP contribution >= 0.6 is 0 Å². The maximum Gasteiger partial charge on any atom is 0.338 e. The summed E-state index contributed by atoms with van der Waals surface area (Å²) in [7, 11) is -3.73. The number of aliphatic carboxylic acids is 1. The lowest BCUT2D eigenvalue weighted by molar-refractivity contribution is -0.305. The molecule has 1 rings (SSSR count). The van der Waals surface area contributed by atoms with Crippen molar-refractivity contribution in [2.24, 2.45) is 0 Å². The zero-order valence-electron chi connectivity index (χ0n) is 11.5. The molecule has 0 aliphatic heterocycles. The Morgan fingerprint density at radius 3 is 2.38 bits per heavy atom. The summed E-state index contributed by atoms with van der Waals surface area (Å²) in [6.45, 7) is 1.90. The molecule has 1 N–H and O–H groups in total. The number of ether oxygens (including phenoxy) is 1. The van der Waals surface area contributed by atoms with E-state index in [1.807, 2.05) is 0 Å². The van der Waals surface area contributed by atoms with Gasteiger partial charge in [-0.05, 0) is 44.0 Å². The minimum atomic E-state index is -3.73. The Bertz CT molecular complexity index is 594. The van der Waals surface area contributed by atoms with Gasteiger partial charge in [-0.1, -0.05) is 0 Å². The number of rotatable bonds is 8. The molecule has 0 aliphatic rings. The van der Waals surface area contributed by atoms with Gasteiger partial charge in [-0.3, -0.25) is 0 Å². The number of carboxylic acid groups (broad SMARTS) is 1. The van der Waals surface area contributed by atoms with E-state index >= 15 is 0 Å². The minimum Gasteiger partial charge on any atom is -0.550 e. The molecule has 0 saturated heterocycles. The first kappa shape index (κ1) is 17.1. The van der Waals surface area contributed by atoms with Crippen molar-refractivity contribution >= 4 is 22.0 Å². The van der Waals surface area contributed by atoms with Gasteiger partial charge in [0.05, 0.1) is 17.1 Å². The van der Waals surface area contributed by atoms with E-state index in [1.165, 1.54) is 24.3 Å². The summed E-state index contributed by atoms with van der Waals surface area (Å²) in [5.74, 6) is -1.75. The number of carboxylic acids is 1. The summed E-state index contributed by atoms with van der Waals surface area (Å²) in [6.07, 6.45) is -0.0766. The lowest BCUT2D eigenvalue weighted by Gasteiger charge is -2.08. The van der Waals surface area contributed by atoms with Gasteiger partial charge in [0.25, 0.3) is 0 Å². The monoisotopic (exact) mass is 314 g/mol. The van der Waals surface area contributed by atoms with Crippen LogP contribution in [0.25, 0.3) is 0 Å². The lowest BCUT2D eigenvalue weighted by atomic mass is 10.2. The maximum absolute atomic E-state index is 11.9. The average Bonchev–Trinajstić information content (AvgIpc) is 2.44. The summed E-state index contributed by atoms with van der Waals surface area (Å²) >= 11 is 0. The molecule has 1 aromatic carbocycles. The molecule has 0 radical (unpaired) electrons. The minimum absolute atomic E-state index is 0.00403. The molecule has 21 heavy (non-hydrogen) atoms. The van der Waals surface area contributed by atoms with Crippen LogP contribution in [0.15, 0.2) is 29.2 Å². The first-order valence-electron chi connectivity index (χ1n) is 6.33. The highest BCUT2D eigenvalue weighted by Crippen LogP contribution is 2.11. The number of esters is 1. The van der Waals surface area contributed by atoms with Crippen LogP contribution < -0.4 is 9.83 Å². The van der Waals surface area contributed by atoms with Crippen molar-refractivity contribution in [1.82, 2.24) is 4.72 Å². The Morgan fingerprint density at radius 1 is 1.24 bits per heavy atom. The Labute approximate surface area is 123 Å². The number of sulfonamides is 1. The van der Waals surface area contributed by atoms with Crippen LogP contribution in [0.2, 0.25) is 0 Å². The van der Waals surface area contributed by atoms with Crippen LogP contribution in [0.1, 0.15) is 30.1 Å². The molecule has 0 heterocycles. The smallest absolute Gasteiger partial charge is 0.338 e. The highest BCUT2D eigenvalue weighted by molar-refractivity contribution is 7.89. The molecule has 0 bridgehead atoms. The molecule has 0 saturated carbocycles. The highest BCUT2D eigenvalue weighted by Gasteiger charge is 2.14. The summed E-state index contributed by atoms with van der Waals surface area (Å²) in [5, 5.41) is 10.2. The first-order valence-corrected chi connectivity index (χ1v) is 7.82. The van der Waals surface area contributed by atoms with E-state index in [0.29, 0.717) is 0 Å². The Kier molecular flexibility index (Phi) is 6.32. The number of nitrogens with one attached hydrogen (secondary N) is 1. The van der Waals surface area contributed by atoms with Crippen molar-refractivity contribution < 1.29 is 27.9 Å². The maximum atomic E-state index is 11.9. The standard InChI is InChI=1S/C13H17NO6S/c1-2-20-13(17)10-5-7-11(8-6-10)21(18,19)14-9-3-4-12(15)16/h5-8,14H,2-4,9H2,1H3,(H,15,16)/p-1. The van der Waals surface area contributed by atoms with E-state index in [0.717, 1.165) is 0 Å². The van der Waals surface area contributed by atoms with Gasteiger partial charge in [0, 0.05) is 12.5 Å². The van der Waals surface area contributed by atoms with Crippen LogP contribution in [-0.4, -0.2) is 33.5 Å². The van der Waals surface area contributed by atoms with Gasteiger partial charge in [0.15, 0.2) is 0 Å². The molecule has 0 fully saturated rings. The summed E-state index contributed by atoms with van der Waals surface area (Å²) in [6, 6.07) is 5.28. The molecule has 0 aromatic heterocycles. The number of carbonyl (C=O) groups is 2. The van der Waals surface area contributed by atoms with Gasteiger partial charge >= 0.3 is 5.97 Å². The van der Waals surface area contributed by atoms with Gasteiger partial charge in [-0.25, -0.2) is 17.9 Å². The predicted octanol–water partition coefficient (Wildman–Crippen LogP) is -0.328. The third kappa shape index (κ3) is 5.52. The Morgan fingerprint density at radius 2 is 1.86 bits per heavy atom. The van der Waals surface area contributed by atoms with Crippen molar-refractivity contribution in [2.75, 3.05) is 13.2 Å². The van der Waals surface area contributed by atoms with Crippen molar-refractivity contribution in [3.63, 3.8) is 0 Å². The topological polar surface area (TPSA) is 113 Å². The van der Waals surface area contributed by atoms with Gasteiger partial charge in [0.2, 0.25) is 10.0 Å². The van der Waals surface area contributed by atoms with Gasteiger partial charge in [-0.15, -0.1) is 0 Å². The van der Waals surface area contributed by atoms with Crippen LogP contribution in [0, 0.1) is 0 Å². The number of benzene rings is 1. The zero-order valence-corrected chi connectivity index (χ0v) is 12.3. The average molecular weight is 314 g/mol. The molecule has 116 valence electrons. The van der Waals surface area contributed by atoms with E-state index in [2.05, 4.69) is 4.72 Å². The predicted molar refractivity (Wildman–Crippen MR) is 71.8 cm³/mol. The van der Waals surface area contributed by atoms with Gasteiger partial charge in [0.1, 0.15) is 0 Å². The molecular formula is C13H16NO6S-. The molecule has 8 heteroatoms. The van der Waals surface area contributed by atoms with E-state index < -0.39 is 22.0 Å². The van der Waals surface area contributed by atoms with E-state index in [1.54, 1.807) is 6.92 Å². The van der Waals surface area contributed by atoms with Crippen molar-refractivity contribution in [2.45, 2.75) is 24.7 Å². The SMILES string of the molecule is CCOC(=O)c1ccc(S(=O)(=O)NCCCC(=O)[O-])cc1. The largest absolute Gasteiger partial charge is 0.550 e. The molecular weight excluding hydrogens is 298 g/mol. The summed E-state index contributed by atoms with van der Waals surface area (Å²) in [4.78, 5) is 21.6. The highest BCUT2D eigenvalue weighted by atomic mass is 32.2. The molecule has 7 nitrogen and oxygen atoms in total. The second-order valence-corrected chi connectivity index (χ2v) is 5.89. The second kappa shape index (κ2) is 7.75. The van der Waals surface area contributed by atoms with Crippen LogP contribution in [0.5, 0.6) is 0 Å². The van der Waals surface area contributed by atoms with Gasteiger partial charge in [-0.2, -0.15) is 0 Å². The number of hydrogen-bond donors (Lipinski definition) is 1. The third-order valence-corrected chi connectivity index (χ3v) is 4.00. The number of carbonyl (C=O) groups excluding carboxylic acids is 2. The Balaban J connectivity index is 2.67. The molecule has 0 spiro atoms. The zero-order chi connectivity index (χ0) is 15.9. The van der Waals surface area contributed by atoms with Crippen LogP contribution in [0.3, 0.4) is 0 Å². The van der Waals surface area contributed by atoms with Gasteiger partial charge < -0.3 is 14.6 Å². The van der Waals surface area contributed by atoms with Crippen molar-refractivity contribution in [1.29, 1.82) is 0 Å². The fraction of sp³-hybridized carbons (Fsp3) is 0.385. The first-order chi connectivity index (χ1) is 9.86. The van der Waals surface area contributed by atoms with Crippen molar-refractivity contribution in [3.05, 3.63) is 29.8 Å². The van der Waals surface area contributed by atoms with Crippen molar-refractivity contribution in [3.8, 4) is 0 Å². The molecule has 0 atom stereocenters. The summed E-state index contributed by atoms with van der Waals surface area (Å²) in [5.41, 5.74) is 0.257. The van der Waals surface area contributed by atoms with E-state index in [-0.39, 0.29) is 36.5 Å². The molecule has 1 aromatic rings. The number of hydrogen-bond acceptors (Lipinski definition) is 6. The Hall–Kier alpha value is -1.93. The normalized spacial score (nSPS) is 11.1.